The summed E-state index contributed by atoms with van der Waals surface area (Å²) in [6, 6.07) is 6.53. The highest BCUT2D eigenvalue weighted by Crippen LogP contribution is 2.51. The molecule has 1 amide bonds. The molecule has 1 N–H and O–H groups in total. The second-order valence-corrected chi connectivity index (χ2v) is 9.77. The number of carbonyl (C=O) groups excluding carboxylic acids is 1. The average Bonchev–Trinajstić information content (AvgIpc) is 3.02. The van der Waals surface area contributed by atoms with Crippen LogP contribution in [0.1, 0.15) is 71.4 Å². The zero-order valence-corrected chi connectivity index (χ0v) is 17.0. The standard InChI is InChI=1S/C22H30N4O2.CH4/c1-13(2)19(26-18-6-4-5-14(3)21(18)23-24-26)9-20(27)25-16-7-15-8-17(25)12-22(28,10-15)11-16;/h4-6,13,15-17,19,28H,7-12H2,1-3H3;1H4. The van der Waals surface area contributed by atoms with Crippen molar-refractivity contribution >= 4 is 16.9 Å². The van der Waals surface area contributed by atoms with Gasteiger partial charge in [-0.3, -0.25) is 4.79 Å². The number of benzene rings is 1. The molecule has 0 radical (unpaired) electrons. The second kappa shape index (κ2) is 7.08. The molecule has 4 bridgehead atoms. The maximum absolute atomic E-state index is 13.4. The van der Waals surface area contributed by atoms with Crippen LogP contribution in [0, 0.1) is 18.8 Å². The van der Waals surface area contributed by atoms with Gasteiger partial charge in [0.05, 0.1) is 17.2 Å². The van der Waals surface area contributed by atoms with E-state index in [1.807, 2.05) is 29.8 Å². The van der Waals surface area contributed by atoms with Gasteiger partial charge in [-0.25, -0.2) is 4.68 Å². The highest BCUT2D eigenvalue weighted by atomic mass is 16.3. The molecule has 3 unspecified atom stereocenters. The van der Waals surface area contributed by atoms with Crippen LogP contribution in [0.4, 0.5) is 0 Å². The Morgan fingerprint density at radius 1 is 1.24 bits per heavy atom. The summed E-state index contributed by atoms with van der Waals surface area (Å²) in [5.74, 6) is 1.08. The van der Waals surface area contributed by atoms with Gasteiger partial charge in [0.1, 0.15) is 5.52 Å². The van der Waals surface area contributed by atoms with Crippen LogP contribution >= 0.6 is 0 Å². The number of nitrogens with zero attached hydrogens (tertiary/aromatic N) is 4. The summed E-state index contributed by atoms with van der Waals surface area (Å²) >= 11 is 0. The van der Waals surface area contributed by atoms with Crippen LogP contribution in [0.2, 0.25) is 0 Å². The van der Waals surface area contributed by atoms with Crippen molar-refractivity contribution in [2.45, 2.75) is 90.4 Å². The number of hydrogen-bond acceptors (Lipinski definition) is 4. The molecule has 0 spiro atoms. The number of fused-ring (bicyclic) bond motifs is 1. The fourth-order valence-corrected chi connectivity index (χ4v) is 6.23. The Labute approximate surface area is 173 Å². The van der Waals surface area contributed by atoms with Crippen LogP contribution in [0.5, 0.6) is 0 Å². The molecule has 3 heterocycles. The van der Waals surface area contributed by atoms with Gasteiger partial charge < -0.3 is 10.0 Å². The minimum Gasteiger partial charge on any atom is -0.390 e. The Kier molecular flexibility index (Phi) is 4.96. The molecule has 2 saturated heterocycles. The molecule has 2 aliphatic carbocycles. The molecule has 6 nitrogen and oxygen atoms in total. The van der Waals surface area contributed by atoms with E-state index in [2.05, 4.69) is 29.1 Å². The first-order valence-corrected chi connectivity index (χ1v) is 10.7. The van der Waals surface area contributed by atoms with Crippen molar-refractivity contribution in [1.29, 1.82) is 0 Å². The Morgan fingerprint density at radius 2 is 1.93 bits per heavy atom. The zero-order chi connectivity index (χ0) is 19.6. The van der Waals surface area contributed by atoms with Gasteiger partial charge in [0.15, 0.2) is 0 Å². The molecule has 6 heteroatoms. The molecule has 1 aromatic carbocycles. The summed E-state index contributed by atoms with van der Waals surface area (Å²) in [6.45, 7) is 6.34. The lowest BCUT2D eigenvalue weighted by Crippen LogP contribution is -2.65. The van der Waals surface area contributed by atoms with Crippen molar-refractivity contribution in [1.82, 2.24) is 19.9 Å². The normalized spacial score (nSPS) is 31.3. The van der Waals surface area contributed by atoms with Crippen LogP contribution in [0.25, 0.3) is 11.0 Å². The maximum atomic E-state index is 13.4. The molecule has 2 aliphatic heterocycles. The number of hydrogen-bond donors (Lipinski definition) is 1. The van der Waals surface area contributed by atoms with Crippen LogP contribution in [-0.4, -0.2) is 48.6 Å². The topological polar surface area (TPSA) is 71.2 Å². The van der Waals surface area contributed by atoms with Crippen molar-refractivity contribution in [3.8, 4) is 0 Å². The monoisotopic (exact) mass is 398 g/mol. The number of carbonyl (C=O) groups is 1. The van der Waals surface area contributed by atoms with Gasteiger partial charge in [-0.15, -0.1) is 5.10 Å². The molecule has 6 rings (SSSR count). The quantitative estimate of drug-likeness (QED) is 0.849. The fraction of sp³-hybridized carbons (Fsp3) is 0.696. The summed E-state index contributed by atoms with van der Waals surface area (Å²) in [7, 11) is 0. The lowest BCUT2D eigenvalue weighted by molar-refractivity contribution is -0.175. The Balaban J connectivity index is 0.00000205. The van der Waals surface area contributed by atoms with Gasteiger partial charge in [0.2, 0.25) is 5.91 Å². The van der Waals surface area contributed by atoms with Crippen molar-refractivity contribution < 1.29 is 9.90 Å². The van der Waals surface area contributed by atoms with Crippen LogP contribution < -0.4 is 0 Å². The Hall–Kier alpha value is -1.95. The summed E-state index contributed by atoms with van der Waals surface area (Å²) in [4.78, 5) is 15.6. The van der Waals surface area contributed by atoms with Crippen LogP contribution in [0.15, 0.2) is 18.2 Å². The van der Waals surface area contributed by atoms with Gasteiger partial charge >= 0.3 is 0 Å². The summed E-state index contributed by atoms with van der Waals surface area (Å²) in [5.41, 5.74) is 2.50. The molecule has 1 aromatic heterocycles. The summed E-state index contributed by atoms with van der Waals surface area (Å²) in [6.07, 6.45) is 5.00. The first-order valence-electron chi connectivity index (χ1n) is 10.7. The van der Waals surface area contributed by atoms with Crippen molar-refractivity contribution in [2.24, 2.45) is 11.8 Å². The van der Waals surface area contributed by atoms with E-state index < -0.39 is 5.60 Å². The molecule has 158 valence electrons. The molecule has 29 heavy (non-hydrogen) atoms. The second-order valence-electron chi connectivity index (χ2n) is 9.77. The van der Waals surface area contributed by atoms with Gasteiger partial charge in [0.25, 0.3) is 0 Å². The third-order valence-corrected chi connectivity index (χ3v) is 7.36. The maximum Gasteiger partial charge on any atom is 0.225 e. The predicted molar refractivity (Wildman–Crippen MR) is 113 cm³/mol. The Morgan fingerprint density at radius 3 is 2.55 bits per heavy atom. The number of aromatic nitrogens is 3. The number of piperidine rings is 2. The van der Waals surface area contributed by atoms with Crippen LogP contribution in [0.3, 0.4) is 0 Å². The van der Waals surface area contributed by atoms with Gasteiger partial charge in [-0.1, -0.05) is 38.6 Å². The van der Waals surface area contributed by atoms with E-state index >= 15 is 0 Å². The number of rotatable bonds is 4. The van der Waals surface area contributed by atoms with Crippen molar-refractivity contribution in [2.75, 3.05) is 0 Å². The molecule has 2 aromatic rings. The molecule has 2 saturated carbocycles. The minimum absolute atomic E-state index is 0. The lowest BCUT2D eigenvalue weighted by atomic mass is 9.61. The Bertz CT molecular complexity index is 905. The minimum atomic E-state index is -0.523. The summed E-state index contributed by atoms with van der Waals surface area (Å²) < 4.78 is 1.95. The highest BCUT2D eigenvalue weighted by molar-refractivity contribution is 5.80. The smallest absolute Gasteiger partial charge is 0.225 e. The molecule has 4 fully saturated rings. The van der Waals surface area contributed by atoms with E-state index in [1.165, 1.54) is 0 Å². The first-order chi connectivity index (χ1) is 13.3. The van der Waals surface area contributed by atoms with E-state index in [4.69, 9.17) is 0 Å². The third kappa shape index (κ3) is 3.25. The summed E-state index contributed by atoms with van der Waals surface area (Å²) in [5, 5.41) is 19.6. The van der Waals surface area contributed by atoms with E-state index in [9.17, 15) is 9.90 Å². The largest absolute Gasteiger partial charge is 0.390 e. The van der Waals surface area contributed by atoms with E-state index in [0.29, 0.717) is 12.3 Å². The number of aliphatic hydroxyl groups is 1. The fourth-order valence-electron chi connectivity index (χ4n) is 6.23. The zero-order valence-electron chi connectivity index (χ0n) is 17.0. The van der Waals surface area contributed by atoms with Gasteiger partial charge in [0, 0.05) is 18.5 Å². The van der Waals surface area contributed by atoms with Crippen LogP contribution in [-0.2, 0) is 4.79 Å². The molecular formula is C23H34N4O2. The average molecular weight is 399 g/mol. The van der Waals surface area contributed by atoms with E-state index in [1.54, 1.807) is 0 Å². The molecule has 4 aliphatic rings. The van der Waals surface area contributed by atoms with Crippen molar-refractivity contribution in [3.63, 3.8) is 0 Å². The lowest BCUT2D eigenvalue weighted by Gasteiger charge is -2.59. The number of aryl methyl sites for hydroxylation is 1. The highest BCUT2D eigenvalue weighted by Gasteiger charge is 2.55. The third-order valence-electron chi connectivity index (χ3n) is 7.36. The predicted octanol–water partition coefficient (Wildman–Crippen LogP) is 3.87. The van der Waals surface area contributed by atoms with Gasteiger partial charge in [-0.2, -0.15) is 0 Å². The first kappa shape index (κ1) is 20.3. The molecular weight excluding hydrogens is 364 g/mol. The van der Waals surface area contributed by atoms with Gasteiger partial charge in [-0.05, 0) is 62.5 Å². The SMILES string of the molecule is C.Cc1cccc2c1nnn2C(CC(=O)N1C2CC3CC1CC(O)(C3)C2)C(C)C. The van der Waals surface area contributed by atoms with Crippen molar-refractivity contribution in [3.05, 3.63) is 23.8 Å². The molecule has 3 atom stereocenters. The van der Waals surface area contributed by atoms with E-state index in [0.717, 1.165) is 48.7 Å². The van der Waals surface area contributed by atoms with E-state index in [-0.39, 0.29) is 37.4 Å². The number of amides is 1.